The first-order valence-electron chi connectivity index (χ1n) is 11.8. The van der Waals surface area contributed by atoms with Crippen molar-refractivity contribution in [3.05, 3.63) is 102 Å². The third kappa shape index (κ3) is 4.48. The molecule has 38 heavy (non-hydrogen) atoms. The van der Waals surface area contributed by atoms with Crippen LogP contribution in [-0.4, -0.2) is 33.9 Å². The molecule has 0 fully saturated rings. The van der Waals surface area contributed by atoms with E-state index in [4.69, 9.17) is 10.5 Å². The Hall–Kier alpha value is -4.98. The molecule has 0 spiro atoms. The van der Waals surface area contributed by atoms with Gasteiger partial charge in [-0.1, -0.05) is 54.6 Å². The van der Waals surface area contributed by atoms with Gasteiger partial charge in [-0.25, -0.2) is 9.18 Å². The Bertz CT molecular complexity index is 1740. The molecule has 0 saturated carbocycles. The normalized spacial score (nSPS) is 11.1. The number of carbonyl (C=O) groups is 3. The highest BCUT2D eigenvalue weighted by Gasteiger charge is 2.28. The second-order valence-electron chi connectivity index (χ2n) is 8.95. The summed E-state index contributed by atoms with van der Waals surface area (Å²) in [5.74, 6) is -3.31. The highest BCUT2D eigenvalue weighted by atomic mass is 19.1. The molecule has 0 aliphatic rings. The lowest BCUT2D eigenvalue weighted by Crippen LogP contribution is -2.24. The number of carboxylic acid groups (broad SMARTS) is 1. The molecule has 0 atom stereocenters. The highest BCUT2D eigenvalue weighted by molar-refractivity contribution is 6.45. The SMILES string of the molecule is Cc1c(C(=O)C(N)=O)c2c(OCC(=O)O)c3ccccc3cc2n1Cc1cccc(-c2ccc(F)cc2)c1. The van der Waals surface area contributed by atoms with E-state index in [1.807, 2.05) is 47.0 Å². The van der Waals surface area contributed by atoms with Crippen LogP contribution in [0.1, 0.15) is 21.6 Å². The number of carbonyl (C=O) groups excluding carboxylic acids is 2. The molecule has 0 aliphatic carbocycles. The summed E-state index contributed by atoms with van der Waals surface area (Å²) in [7, 11) is 0. The van der Waals surface area contributed by atoms with Crippen molar-refractivity contribution in [3.63, 3.8) is 0 Å². The van der Waals surface area contributed by atoms with E-state index in [0.717, 1.165) is 22.1 Å². The molecule has 5 aromatic rings. The molecule has 8 heteroatoms. The zero-order valence-electron chi connectivity index (χ0n) is 20.4. The van der Waals surface area contributed by atoms with Crippen molar-refractivity contribution in [2.75, 3.05) is 6.61 Å². The number of ketones is 1. The van der Waals surface area contributed by atoms with Crippen LogP contribution in [0.3, 0.4) is 0 Å². The molecule has 1 aromatic heterocycles. The Kier molecular flexibility index (Phi) is 6.38. The van der Waals surface area contributed by atoms with Crippen molar-refractivity contribution >= 4 is 39.3 Å². The van der Waals surface area contributed by atoms with E-state index in [2.05, 4.69) is 0 Å². The number of nitrogens with zero attached hydrogens (tertiary/aromatic N) is 1. The number of Topliss-reactive ketones (excluding diaryl/α,β-unsaturated/α-hetero) is 1. The maximum absolute atomic E-state index is 13.4. The van der Waals surface area contributed by atoms with E-state index in [9.17, 15) is 23.9 Å². The van der Waals surface area contributed by atoms with Crippen LogP contribution < -0.4 is 10.5 Å². The molecule has 0 aliphatic heterocycles. The van der Waals surface area contributed by atoms with Crippen LogP contribution in [0.2, 0.25) is 0 Å². The van der Waals surface area contributed by atoms with Gasteiger partial charge < -0.3 is 20.1 Å². The van der Waals surface area contributed by atoms with E-state index >= 15 is 0 Å². The molecule has 4 aromatic carbocycles. The average molecular weight is 511 g/mol. The van der Waals surface area contributed by atoms with Gasteiger partial charge in [-0.15, -0.1) is 0 Å². The van der Waals surface area contributed by atoms with Crippen LogP contribution in [0.25, 0.3) is 32.8 Å². The van der Waals surface area contributed by atoms with E-state index < -0.39 is 24.3 Å². The Balaban J connectivity index is 1.73. The van der Waals surface area contributed by atoms with E-state index in [0.29, 0.717) is 28.5 Å². The topological polar surface area (TPSA) is 112 Å². The lowest BCUT2D eigenvalue weighted by atomic mass is 10.0. The van der Waals surface area contributed by atoms with Gasteiger partial charge in [0.2, 0.25) is 0 Å². The number of aliphatic carboxylic acids is 1. The van der Waals surface area contributed by atoms with E-state index in [1.54, 1.807) is 31.2 Å². The van der Waals surface area contributed by atoms with Gasteiger partial charge in [-0.2, -0.15) is 0 Å². The molecule has 0 unspecified atom stereocenters. The first-order chi connectivity index (χ1) is 18.2. The number of amides is 1. The van der Waals surface area contributed by atoms with E-state index in [1.165, 1.54) is 12.1 Å². The van der Waals surface area contributed by atoms with Crippen LogP contribution in [0.15, 0.2) is 78.9 Å². The van der Waals surface area contributed by atoms with Gasteiger partial charge in [0.05, 0.1) is 16.5 Å². The molecule has 0 radical (unpaired) electrons. The molecule has 0 bridgehead atoms. The summed E-state index contributed by atoms with van der Waals surface area (Å²) >= 11 is 0. The predicted octanol–water partition coefficient (Wildman–Crippen LogP) is 5.09. The first kappa shape index (κ1) is 24.7. The largest absolute Gasteiger partial charge is 0.481 e. The predicted molar refractivity (Wildman–Crippen MR) is 142 cm³/mol. The van der Waals surface area contributed by atoms with Gasteiger partial charge in [0.25, 0.3) is 11.7 Å². The van der Waals surface area contributed by atoms with Gasteiger partial charge in [0.1, 0.15) is 11.6 Å². The summed E-state index contributed by atoms with van der Waals surface area (Å²) in [6, 6.07) is 23.0. The van der Waals surface area contributed by atoms with Crippen LogP contribution in [0.5, 0.6) is 5.75 Å². The van der Waals surface area contributed by atoms with Crippen molar-refractivity contribution in [1.29, 1.82) is 0 Å². The number of hydrogen-bond donors (Lipinski definition) is 2. The smallest absolute Gasteiger partial charge is 0.341 e. The Morgan fingerprint density at radius 1 is 0.947 bits per heavy atom. The minimum absolute atomic E-state index is 0.0772. The number of hydrogen-bond acceptors (Lipinski definition) is 4. The third-order valence-electron chi connectivity index (χ3n) is 6.52. The minimum atomic E-state index is -1.18. The number of carboxylic acids is 1. The number of primary amides is 1. The molecular weight excluding hydrogens is 487 g/mol. The monoisotopic (exact) mass is 510 g/mol. The van der Waals surface area contributed by atoms with Crippen molar-refractivity contribution in [1.82, 2.24) is 4.57 Å². The quantitative estimate of drug-likeness (QED) is 0.223. The molecule has 5 rings (SSSR count). The minimum Gasteiger partial charge on any atom is -0.481 e. The van der Waals surface area contributed by atoms with Crippen molar-refractivity contribution in [2.45, 2.75) is 13.5 Å². The van der Waals surface area contributed by atoms with Gasteiger partial charge >= 0.3 is 5.97 Å². The molecule has 1 amide bonds. The first-order valence-corrected chi connectivity index (χ1v) is 11.8. The number of fused-ring (bicyclic) bond motifs is 2. The van der Waals surface area contributed by atoms with Crippen molar-refractivity contribution < 1.29 is 28.6 Å². The molecule has 0 saturated heterocycles. The fourth-order valence-electron chi connectivity index (χ4n) is 4.81. The second kappa shape index (κ2) is 9.82. The van der Waals surface area contributed by atoms with Gasteiger partial charge in [0.15, 0.2) is 6.61 Å². The second-order valence-corrected chi connectivity index (χ2v) is 8.95. The standard InChI is InChI=1S/C30H23FN2O5/c1-17-26(28(36)30(32)37)27-24(14-21-6-2-3-8-23(21)29(27)38-16-25(34)35)33(17)15-18-5-4-7-20(13-18)19-9-11-22(31)12-10-19/h2-14H,15-16H2,1H3,(H2,32,37)(H,34,35). The zero-order chi connectivity index (χ0) is 27.0. The average Bonchev–Trinajstić information content (AvgIpc) is 3.17. The molecule has 1 heterocycles. The fraction of sp³-hybridized carbons (Fsp3) is 0.100. The Labute approximate surface area is 216 Å². The summed E-state index contributed by atoms with van der Waals surface area (Å²) in [6.45, 7) is 1.42. The van der Waals surface area contributed by atoms with Crippen molar-refractivity contribution in [3.8, 4) is 16.9 Å². The number of aromatic nitrogens is 1. The number of nitrogens with two attached hydrogens (primary N) is 1. The Morgan fingerprint density at radius 2 is 1.68 bits per heavy atom. The molecule has 190 valence electrons. The Morgan fingerprint density at radius 3 is 2.39 bits per heavy atom. The lowest BCUT2D eigenvalue weighted by molar-refractivity contribution is -0.139. The highest BCUT2D eigenvalue weighted by Crippen LogP contribution is 2.40. The zero-order valence-corrected chi connectivity index (χ0v) is 20.4. The molecule has 3 N–H and O–H groups in total. The maximum Gasteiger partial charge on any atom is 0.341 e. The molecular formula is C30H23FN2O5. The number of benzene rings is 4. The van der Waals surface area contributed by atoms with Crippen LogP contribution in [0.4, 0.5) is 4.39 Å². The van der Waals surface area contributed by atoms with Crippen molar-refractivity contribution in [2.24, 2.45) is 5.73 Å². The maximum atomic E-state index is 13.4. The number of halogens is 1. The summed E-state index contributed by atoms with van der Waals surface area (Å²) in [4.78, 5) is 36.4. The van der Waals surface area contributed by atoms with Gasteiger partial charge in [-0.3, -0.25) is 9.59 Å². The van der Waals surface area contributed by atoms with Gasteiger partial charge in [0, 0.05) is 17.6 Å². The summed E-state index contributed by atoms with van der Waals surface area (Å²) in [6.07, 6.45) is 0. The van der Waals surface area contributed by atoms with Crippen LogP contribution >= 0.6 is 0 Å². The van der Waals surface area contributed by atoms with Gasteiger partial charge in [-0.05, 0) is 53.3 Å². The van der Waals surface area contributed by atoms with Crippen LogP contribution in [-0.2, 0) is 16.1 Å². The fourth-order valence-corrected chi connectivity index (χ4v) is 4.81. The number of ether oxygens (including phenoxy) is 1. The summed E-state index contributed by atoms with van der Waals surface area (Å²) in [5, 5.41) is 11.0. The lowest BCUT2D eigenvalue weighted by Gasteiger charge is -2.13. The van der Waals surface area contributed by atoms with Crippen LogP contribution in [0, 0.1) is 12.7 Å². The third-order valence-corrected chi connectivity index (χ3v) is 6.52. The molecule has 7 nitrogen and oxygen atoms in total. The summed E-state index contributed by atoms with van der Waals surface area (Å²) < 4.78 is 21.0. The summed E-state index contributed by atoms with van der Waals surface area (Å²) in [5.41, 5.74) is 9.21. The van der Waals surface area contributed by atoms with E-state index in [-0.39, 0.29) is 17.1 Å². The number of rotatable bonds is 8.